The Labute approximate surface area is 213 Å². The van der Waals surface area contributed by atoms with Gasteiger partial charge in [0.25, 0.3) is 0 Å². The van der Waals surface area contributed by atoms with Crippen LogP contribution in [0.25, 0.3) is 11.2 Å². The minimum atomic E-state index is 0.480. The average molecular weight is 484 g/mol. The lowest BCUT2D eigenvalue weighted by Crippen LogP contribution is -2.39. The second kappa shape index (κ2) is 9.34. The van der Waals surface area contributed by atoms with Crippen LogP contribution in [-0.2, 0) is 0 Å². The molecule has 0 amide bonds. The third-order valence-corrected chi connectivity index (χ3v) is 8.82. The normalized spacial score (nSPS) is 21.8. The molecule has 3 aliphatic rings. The van der Waals surface area contributed by atoms with E-state index in [1.165, 1.54) is 55.3 Å². The van der Waals surface area contributed by atoms with Gasteiger partial charge in [0.05, 0.1) is 12.7 Å². The van der Waals surface area contributed by atoms with E-state index >= 15 is 0 Å². The van der Waals surface area contributed by atoms with Crippen LogP contribution in [0.2, 0.25) is 0 Å². The van der Waals surface area contributed by atoms with E-state index in [0.717, 1.165) is 54.6 Å². The second-order valence-electron chi connectivity index (χ2n) is 11.0. The SMILES string of the molecule is C=CCN=C(C)c1ccc2c(c1)[C@@H](C)CCN2c1n[nH]c2nc(N3CCC4(CCCC4)CC3)cnc12. The Bertz CT molecular complexity index is 1290. The molecule has 6 rings (SSSR count). The summed E-state index contributed by atoms with van der Waals surface area (Å²) in [6, 6.07) is 6.67. The highest BCUT2D eigenvalue weighted by Gasteiger charge is 2.37. The number of aromatic nitrogens is 4. The number of anilines is 3. The summed E-state index contributed by atoms with van der Waals surface area (Å²) >= 11 is 0. The van der Waals surface area contributed by atoms with Crippen molar-refractivity contribution in [3.8, 4) is 0 Å². The lowest BCUT2D eigenvalue weighted by atomic mass is 9.77. The molecule has 1 spiro atoms. The smallest absolute Gasteiger partial charge is 0.183 e. The first kappa shape index (κ1) is 23.2. The van der Waals surface area contributed by atoms with Gasteiger partial charge in [-0.05, 0) is 73.6 Å². The molecule has 1 N–H and O–H groups in total. The number of H-pyrrole nitrogens is 1. The van der Waals surface area contributed by atoms with E-state index in [9.17, 15) is 0 Å². The first-order chi connectivity index (χ1) is 17.6. The zero-order valence-corrected chi connectivity index (χ0v) is 21.6. The number of hydrogen-bond acceptors (Lipinski definition) is 6. The van der Waals surface area contributed by atoms with Crippen molar-refractivity contribution in [3.05, 3.63) is 48.2 Å². The van der Waals surface area contributed by atoms with Crippen molar-refractivity contribution in [1.82, 2.24) is 20.2 Å². The molecule has 7 nitrogen and oxygen atoms in total. The van der Waals surface area contributed by atoms with Gasteiger partial charge < -0.3 is 9.80 Å². The highest BCUT2D eigenvalue weighted by molar-refractivity contribution is 5.99. The average Bonchev–Trinajstić information content (AvgIpc) is 3.55. The van der Waals surface area contributed by atoms with E-state index in [2.05, 4.69) is 58.5 Å². The number of nitrogens with zero attached hydrogens (tertiary/aromatic N) is 6. The van der Waals surface area contributed by atoms with Crippen molar-refractivity contribution in [1.29, 1.82) is 0 Å². The summed E-state index contributed by atoms with van der Waals surface area (Å²) in [6.07, 6.45) is 13.0. The fraction of sp³-hybridized carbons (Fsp3) is 0.517. The summed E-state index contributed by atoms with van der Waals surface area (Å²) in [5.74, 6) is 2.32. The molecule has 0 unspecified atom stereocenters. The van der Waals surface area contributed by atoms with E-state index in [0.29, 0.717) is 17.9 Å². The van der Waals surface area contributed by atoms with Crippen molar-refractivity contribution in [2.24, 2.45) is 10.4 Å². The maximum Gasteiger partial charge on any atom is 0.183 e. The zero-order chi connectivity index (χ0) is 24.7. The van der Waals surface area contributed by atoms with E-state index in [4.69, 9.17) is 15.1 Å². The monoisotopic (exact) mass is 483 g/mol. The van der Waals surface area contributed by atoms with Gasteiger partial charge in [-0.25, -0.2) is 9.97 Å². The zero-order valence-electron chi connectivity index (χ0n) is 21.6. The summed E-state index contributed by atoms with van der Waals surface area (Å²) in [4.78, 5) is 19.2. The number of aromatic amines is 1. The van der Waals surface area contributed by atoms with Crippen LogP contribution in [0.4, 0.5) is 17.3 Å². The lowest BCUT2D eigenvalue weighted by Gasteiger charge is -2.39. The molecule has 7 heteroatoms. The van der Waals surface area contributed by atoms with Gasteiger partial charge in [0.15, 0.2) is 17.0 Å². The van der Waals surface area contributed by atoms with Gasteiger partial charge in [0.1, 0.15) is 5.82 Å². The largest absolute Gasteiger partial charge is 0.355 e. The van der Waals surface area contributed by atoms with E-state index in [1.807, 2.05) is 12.3 Å². The van der Waals surface area contributed by atoms with Gasteiger partial charge in [0.2, 0.25) is 0 Å². The van der Waals surface area contributed by atoms with Crippen LogP contribution in [-0.4, -0.2) is 52.1 Å². The predicted octanol–water partition coefficient (Wildman–Crippen LogP) is 6.15. The molecule has 1 aromatic carbocycles. The maximum absolute atomic E-state index is 4.96. The van der Waals surface area contributed by atoms with Gasteiger partial charge in [-0.3, -0.25) is 10.1 Å². The van der Waals surface area contributed by atoms with E-state index < -0.39 is 0 Å². The number of nitrogens with one attached hydrogen (secondary N) is 1. The number of aliphatic imine (C=N–C) groups is 1. The van der Waals surface area contributed by atoms with Crippen molar-refractivity contribution < 1.29 is 0 Å². The summed E-state index contributed by atoms with van der Waals surface area (Å²) in [6.45, 7) is 11.9. The fourth-order valence-electron chi connectivity index (χ4n) is 6.49. The molecular formula is C29H37N7. The Morgan fingerprint density at radius 2 is 2.00 bits per heavy atom. The molecule has 2 fully saturated rings. The molecule has 1 atom stereocenters. The van der Waals surface area contributed by atoms with E-state index in [1.54, 1.807) is 0 Å². The lowest BCUT2D eigenvalue weighted by molar-refractivity contribution is 0.226. The van der Waals surface area contributed by atoms with Gasteiger partial charge >= 0.3 is 0 Å². The van der Waals surface area contributed by atoms with Crippen LogP contribution in [0.3, 0.4) is 0 Å². The van der Waals surface area contributed by atoms with Crippen molar-refractivity contribution >= 4 is 34.2 Å². The Morgan fingerprint density at radius 1 is 1.19 bits per heavy atom. The van der Waals surface area contributed by atoms with Crippen molar-refractivity contribution in [3.63, 3.8) is 0 Å². The summed E-state index contributed by atoms with van der Waals surface area (Å²) in [5, 5.41) is 7.90. The summed E-state index contributed by atoms with van der Waals surface area (Å²) < 4.78 is 0. The molecule has 1 saturated heterocycles. The Kier molecular flexibility index (Phi) is 6.02. The topological polar surface area (TPSA) is 73.3 Å². The van der Waals surface area contributed by atoms with Gasteiger partial charge in [0, 0.05) is 31.0 Å². The summed E-state index contributed by atoms with van der Waals surface area (Å²) in [5.41, 5.74) is 6.96. The maximum atomic E-state index is 4.96. The minimum Gasteiger partial charge on any atom is -0.355 e. The van der Waals surface area contributed by atoms with Gasteiger partial charge in [-0.15, -0.1) is 6.58 Å². The molecule has 0 bridgehead atoms. The molecule has 4 heterocycles. The van der Waals surface area contributed by atoms with Crippen molar-refractivity contribution in [2.75, 3.05) is 36.0 Å². The minimum absolute atomic E-state index is 0.480. The number of rotatable bonds is 5. The summed E-state index contributed by atoms with van der Waals surface area (Å²) in [7, 11) is 0. The molecular weight excluding hydrogens is 446 g/mol. The molecule has 2 aliphatic heterocycles. The molecule has 188 valence electrons. The first-order valence-electron chi connectivity index (χ1n) is 13.6. The Balaban J connectivity index is 1.27. The predicted molar refractivity (Wildman–Crippen MR) is 148 cm³/mol. The molecule has 1 saturated carbocycles. The molecule has 0 radical (unpaired) electrons. The highest BCUT2D eigenvalue weighted by atomic mass is 15.3. The van der Waals surface area contributed by atoms with Crippen LogP contribution in [0.5, 0.6) is 0 Å². The quantitative estimate of drug-likeness (QED) is 0.348. The molecule has 1 aliphatic carbocycles. The van der Waals surface area contributed by atoms with Gasteiger partial charge in [-0.1, -0.05) is 31.9 Å². The van der Waals surface area contributed by atoms with Crippen LogP contribution >= 0.6 is 0 Å². The van der Waals surface area contributed by atoms with Gasteiger partial charge in [-0.2, -0.15) is 5.10 Å². The Morgan fingerprint density at radius 3 is 2.78 bits per heavy atom. The van der Waals surface area contributed by atoms with Crippen molar-refractivity contribution in [2.45, 2.75) is 64.7 Å². The van der Waals surface area contributed by atoms with Crippen LogP contribution in [0, 0.1) is 5.41 Å². The second-order valence-corrected chi connectivity index (χ2v) is 11.0. The fourth-order valence-corrected chi connectivity index (χ4v) is 6.49. The first-order valence-corrected chi connectivity index (χ1v) is 13.6. The number of hydrogen-bond donors (Lipinski definition) is 1. The molecule has 36 heavy (non-hydrogen) atoms. The Hall–Kier alpha value is -3.22. The molecule has 2 aromatic heterocycles. The van der Waals surface area contributed by atoms with Crippen LogP contribution in [0.1, 0.15) is 75.8 Å². The third-order valence-electron chi connectivity index (χ3n) is 8.82. The highest BCUT2D eigenvalue weighted by Crippen LogP contribution is 2.46. The standard InChI is InChI=1S/C29H37N7/c1-4-14-30-21(3)22-7-8-24-23(18-22)20(2)9-15-36(24)28-26-27(33-34-28)32-25(19-31-26)35-16-12-29(13-17-35)10-5-6-11-29/h4,7-8,18-20H,1,5-6,9-17H2,2-3H3,(H,32,33,34)/t20-/m0/s1. The molecule has 3 aromatic rings. The van der Waals surface area contributed by atoms with Crippen LogP contribution < -0.4 is 9.80 Å². The third kappa shape index (κ3) is 4.08. The number of fused-ring (bicyclic) bond motifs is 2. The van der Waals surface area contributed by atoms with Crippen LogP contribution in [0.15, 0.2) is 42.0 Å². The van der Waals surface area contributed by atoms with E-state index in [-0.39, 0.29) is 0 Å². The number of benzene rings is 1. The number of piperidine rings is 1.